The van der Waals surface area contributed by atoms with E-state index >= 15 is 0 Å². The maximum atomic E-state index is 7.48. The fourth-order valence-electron chi connectivity index (χ4n) is 1.57. The van der Waals surface area contributed by atoms with E-state index in [-0.39, 0.29) is 12.0 Å². The van der Waals surface area contributed by atoms with Crippen LogP contribution in [0.1, 0.15) is 32.4 Å². The average Bonchev–Trinajstić information content (AvgIpc) is 2.14. The SMILES string of the molecule is [2H]c1ccc2c(n1)[C@@H](C)[C@H](C)OC2=C. The maximum absolute atomic E-state index is 7.48. The molecule has 0 N–H and O–H groups in total. The molecule has 1 aliphatic rings. The van der Waals surface area contributed by atoms with Gasteiger partial charge in [-0.1, -0.05) is 13.5 Å². The Kier molecular flexibility index (Phi) is 1.58. The molecule has 0 saturated heterocycles. The van der Waals surface area contributed by atoms with Crippen molar-refractivity contribution >= 4 is 5.76 Å². The second-order valence-electron chi connectivity index (χ2n) is 3.41. The maximum Gasteiger partial charge on any atom is 0.121 e. The first-order valence-electron chi connectivity index (χ1n) is 4.93. The van der Waals surface area contributed by atoms with Crippen LogP contribution in [0.5, 0.6) is 0 Å². The Labute approximate surface area is 79.7 Å². The van der Waals surface area contributed by atoms with Crippen LogP contribution in [0.15, 0.2) is 24.9 Å². The normalized spacial score (nSPS) is 27.5. The second-order valence-corrected chi connectivity index (χ2v) is 3.41. The molecule has 1 aromatic rings. The topological polar surface area (TPSA) is 22.1 Å². The lowest BCUT2D eigenvalue weighted by atomic mass is 9.93. The Bertz CT molecular complexity index is 389. The summed E-state index contributed by atoms with van der Waals surface area (Å²) in [5.74, 6) is 0.888. The first kappa shape index (κ1) is 7.13. The van der Waals surface area contributed by atoms with Crippen molar-refractivity contribution in [2.45, 2.75) is 25.9 Å². The van der Waals surface area contributed by atoms with Crippen molar-refractivity contribution in [3.05, 3.63) is 36.1 Å². The van der Waals surface area contributed by atoms with Gasteiger partial charge in [0.1, 0.15) is 11.9 Å². The lowest BCUT2D eigenvalue weighted by Crippen LogP contribution is -2.23. The van der Waals surface area contributed by atoms with Gasteiger partial charge in [0.15, 0.2) is 0 Å². The summed E-state index contributed by atoms with van der Waals surface area (Å²) in [4.78, 5) is 4.22. The van der Waals surface area contributed by atoms with Gasteiger partial charge in [-0.3, -0.25) is 4.98 Å². The molecule has 0 aromatic carbocycles. The van der Waals surface area contributed by atoms with Crippen molar-refractivity contribution in [1.29, 1.82) is 0 Å². The number of hydrogen-bond donors (Lipinski definition) is 0. The number of hydrogen-bond acceptors (Lipinski definition) is 2. The van der Waals surface area contributed by atoms with E-state index in [4.69, 9.17) is 6.11 Å². The summed E-state index contributed by atoms with van der Waals surface area (Å²) < 4.78 is 13.0. The smallest absolute Gasteiger partial charge is 0.121 e. The molecule has 0 fully saturated rings. The zero-order chi connectivity index (χ0) is 10.3. The first-order chi connectivity index (χ1) is 6.59. The molecule has 0 unspecified atom stereocenters. The Morgan fingerprint density at radius 3 is 3.15 bits per heavy atom. The van der Waals surface area contributed by atoms with Gasteiger partial charge in [-0.25, -0.2) is 0 Å². The summed E-state index contributed by atoms with van der Waals surface area (Å²) in [7, 11) is 0. The van der Waals surface area contributed by atoms with E-state index in [1.807, 2.05) is 13.0 Å². The molecule has 2 rings (SSSR count). The van der Waals surface area contributed by atoms with Gasteiger partial charge in [0.05, 0.1) is 7.06 Å². The van der Waals surface area contributed by atoms with E-state index in [0.717, 1.165) is 11.3 Å². The van der Waals surface area contributed by atoms with Crippen molar-refractivity contribution in [2.24, 2.45) is 0 Å². The lowest BCUT2D eigenvalue weighted by molar-refractivity contribution is 0.148. The molecule has 0 aliphatic carbocycles. The molecule has 2 nitrogen and oxygen atoms in total. The minimum atomic E-state index is 0.0873. The summed E-state index contributed by atoms with van der Waals surface area (Å²) in [6.45, 7) is 7.90. The average molecular weight is 176 g/mol. The van der Waals surface area contributed by atoms with Crippen LogP contribution in [-0.2, 0) is 4.74 Å². The highest BCUT2D eigenvalue weighted by Crippen LogP contribution is 2.34. The number of rotatable bonds is 0. The number of aromatic nitrogens is 1. The van der Waals surface area contributed by atoms with Crippen LogP contribution in [0.3, 0.4) is 0 Å². The molecule has 68 valence electrons. The summed E-state index contributed by atoms with van der Waals surface area (Å²) in [6, 6.07) is 3.52. The summed E-state index contributed by atoms with van der Waals surface area (Å²) in [5.41, 5.74) is 1.87. The highest BCUT2D eigenvalue weighted by molar-refractivity contribution is 5.62. The predicted molar refractivity (Wildman–Crippen MR) is 52.2 cm³/mol. The van der Waals surface area contributed by atoms with Crippen LogP contribution in [0.2, 0.25) is 0 Å². The molecule has 2 atom stereocenters. The van der Waals surface area contributed by atoms with Crippen LogP contribution in [0.25, 0.3) is 5.76 Å². The van der Waals surface area contributed by atoms with Crippen molar-refractivity contribution in [3.63, 3.8) is 0 Å². The molecule has 0 spiro atoms. The molecule has 0 bridgehead atoms. The quantitative estimate of drug-likeness (QED) is 0.606. The van der Waals surface area contributed by atoms with E-state index in [9.17, 15) is 0 Å². The summed E-state index contributed by atoms with van der Waals surface area (Å²) >= 11 is 0. The highest BCUT2D eigenvalue weighted by atomic mass is 16.5. The summed E-state index contributed by atoms with van der Waals surface area (Å²) in [6.07, 6.45) is 0.391. The Hall–Kier alpha value is -1.31. The third-order valence-corrected chi connectivity index (χ3v) is 2.55. The van der Waals surface area contributed by atoms with Gasteiger partial charge in [0.2, 0.25) is 0 Å². The fourth-order valence-corrected chi connectivity index (χ4v) is 1.57. The van der Waals surface area contributed by atoms with Crippen LogP contribution in [0, 0.1) is 0 Å². The predicted octanol–water partition coefficient (Wildman–Crippen LogP) is 2.57. The van der Waals surface area contributed by atoms with Crippen LogP contribution >= 0.6 is 0 Å². The lowest BCUT2D eigenvalue weighted by Gasteiger charge is -2.29. The van der Waals surface area contributed by atoms with Gasteiger partial charge >= 0.3 is 0 Å². The van der Waals surface area contributed by atoms with Crippen molar-refractivity contribution in [2.75, 3.05) is 0 Å². The molecule has 1 aliphatic heterocycles. The molecular formula is C11H13NO. The van der Waals surface area contributed by atoms with Gasteiger partial charge in [-0.2, -0.15) is 0 Å². The highest BCUT2D eigenvalue weighted by Gasteiger charge is 2.27. The largest absolute Gasteiger partial charge is 0.490 e. The molecule has 1 aromatic heterocycles. The Morgan fingerprint density at radius 1 is 1.62 bits per heavy atom. The van der Waals surface area contributed by atoms with E-state index in [2.05, 4.69) is 18.5 Å². The van der Waals surface area contributed by atoms with Gasteiger partial charge in [0, 0.05) is 17.7 Å². The zero-order valence-electron chi connectivity index (χ0n) is 8.87. The third kappa shape index (κ3) is 1.22. The number of fused-ring (bicyclic) bond motifs is 1. The fraction of sp³-hybridized carbons (Fsp3) is 0.364. The minimum Gasteiger partial charge on any atom is -0.490 e. The van der Waals surface area contributed by atoms with E-state index in [1.165, 1.54) is 0 Å². The van der Waals surface area contributed by atoms with E-state index < -0.39 is 0 Å². The molecule has 0 saturated carbocycles. The van der Waals surface area contributed by atoms with E-state index in [1.54, 1.807) is 6.07 Å². The molecule has 0 radical (unpaired) electrons. The number of ether oxygens (including phenoxy) is 1. The Morgan fingerprint density at radius 2 is 2.38 bits per heavy atom. The monoisotopic (exact) mass is 176 g/mol. The standard InChI is InChI=1S/C11H13NO/c1-7-8(2)13-9(3)10-5-4-6-12-11(7)10/h4-8H,3H2,1-2H3/t7-,8-/m0/s1/i6D. The van der Waals surface area contributed by atoms with Crippen molar-refractivity contribution < 1.29 is 6.11 Å². The third-order valence-electron chi connectivity index (χ3n) is 2.55. The van der Waals surface area contributed by atoms with Crippen molar-refractivity contribution in [1.82, 2.24) is 4.98 Å². The van der Waals surface area contributed by atoms with E-state index in [0.29, 0.717) is 11.9 Å². The molecular weight excluding hydrogens is 162 g/mol. The molecule has 13 heavy (non-hydrogen) atoms. The zero-order valence-corrected chi connectivity index (χ0v) is 7.87. The molecule has 2 heteroatoms. The van der Waals surface area contributed by atoms with Crippen molar-refractivity contribution in [3.8, 4) is 0 Å². The van der Waals surface area contributed by atoms with Crippen LogP contribution in [0.4, 0.5) is 0 Å². The number of nitrogens with zero attached hydrogens (tertiary/aromatic N) is 1. The van der Waals surface area contributed by atoms with Gasteiger partial charge in [-0.15, -0.1) is 0 Å². The minimum absolute atomic E-state index is 0.0873. The Balaban J connectivity index is 2.56. The number of pyridine rings is 1. The molecule has 0 amide bonds. The van der Waals surface area contributed by atoms with Gasteiger partial charge in [0.25, 0.3) is 0 Å². The summed E-state index contributed by atoms with van der Waals surface area (Å²) in [5, 5.41) is 0. The van der Waals surface area contributed by atoms with Gasteiger partial charge in [-0.05, 0) is 19.1 Å². The van der Waals surface area contributed by atoms with Crippen LogP contribution < -0.4 is 0 Å². The first-order valence-corrected chi connectivity index (χ1v) is 4.43. The van der Waals surface area contributed by atoms with Gasteiger partial charge < -0.3 is 4.74 Å². The van der Waals surface area contributed by atoms with Crippen LogP contribution in [-0.4, -0.2) is 11.1 Å². The second kappa shape index (κ2) is 2.87. The molecule has 2 heterocycles.